The number of ether oxygens (including phenoxy) is 1. The zero-order chi connectivity index (χ0) is 15.1. The molecule has 0 saturated heterocycles. The van der Waals surface area contributed by atoms with Crippen LogP contribution in [0.15, 0.2) is 12.1 Å². The molecule has 0 aromatic heterocycles. The van der Waals surface area contributed by atoms with Gasteiger partial charge in [0.25, 0.3) is 5.69 Å². The van der Waals surface area contributed by atoms with E-state index in [-0.39, 0.29) is 31.0 Å². The van der Waals surface area contributed by atoms with Gasteiger partial charge < -0.3 is 15.2 Å². The van der Waals surface area contributed by atoms with Crippen LogP contribution >= 0.6 is 0 Å². The van der Waals surface area contributed by atoms with Crippen molar-refractivity contribution in [1.82, 2.24) is 0 Å². The van der Waals surface area contributed by atoms with Gasteiger partial charge in [0.05, 0.1) is 23.3 Å². The Hall–Kier alpha value is -2.22. The molecule has 1 aromatic carbocycles. The minimum absolute atomic E-state index is 0.0490. The fourth-order valence-corrected chi connectivity index (χ4v) is 1.52. The molecule has 0 aliphatic heterocycles. The quantitative estimate of drug-likeness (QED) is 0.342. The molecule has 20 heavy (non-hydrogen) atoms. The number of nitro benzene ring substituents is 1. The Kier molecular flexibility index (Phi) is 5.85. The maximum absolute atomic E-state index is 13.7. The Morgan fingerprint density at radius 1 is 1.55 bits per heavy atom. The van der Waals surface area contributed by atoms with Crippen molar-refractivity contribution < 1.29 is 24.0 Å². The van der Waals surface area contributed by atoms with Gasteiger partial charge in [-0.1, -0.05) is 0 Å². The molecule has 0 amide bonds. The maximum Gasteiger partial charge on any atom is 0.345 e. The number of nitrogens with zero attached hydrogens (tertiary/aromatic N) is 1. The summed E-state index contributed by atoms with van der Waals surface area (Å²) in [7, 11) is 0. The van der Waals surface area contributed by atoms with Gasteiger partial charge in [-0.25, -0.2) is 9.18 Å². The minimum atomic E-state index is -0.885. The number of nitro groups is 1. The van der Waals surface area contributed by atoms with E-state index in [9.17, 15) is 19.3 Å². The normalized spacial score (nSPS) is 10.2. The van der Waals surface area contributed by atoms with Crippen molar-refractivity contribution in [2.24, 2.45) is 0 Å². The zero-order valence-electron chi connectivity index (χ0n) is 10.9. The summed E-state index contributed by atoms with van der Waals surface area (Å²) in [5.41, 5.74) is -1.01. The van der Waals surface area contributed by atoms with Crippen LogP contribution in [-0.4, -0.2) is 35.8 Å². The third kappa shape index (κ3) is 3.89. The first-order valence-corrected chi connectivity index (χ1v) is 6.01. The van der Waals surface area contributed by atoms with E-state index in [1.54, 1.807) is 6.92 Å². The second-order valence-electron chi connectivity index (χ2n) is 3.83. The van der Waals surface area contributed by atoms with E-state index in [4.69, 9.17) is 9.84 Å². The monoisotopic (exact) mass is 286 g/mol. The number of hydrogen-bond acceptors (Lipinski definition) is 6. The summed E-state index contributed by atoms with van der Waals surface area (Å²) in [5, 5.41) is 22.1. The molecule has 0 unspecified atom stereocenters. The Morgan fingerprint density at radius 2 is 2.25 bits per heavy atom. The lowest BCUT2D eigenvalue weighted by Gasteiger charge is -2.09. The van der Waals surface area contributed by atoms with Gasteiger partial charge in [0.2, 0.25) is 0 Å². The molecule has 0 radical (unpaired) electrons. The number of hydrogen-bond donors (Lipinski definition) is 2. The summed E-state index contributed by atoms with van der Waals surface area (Å²) in [6, 6.07) is 1.72. The van der Waals surface area contributed by atoms with Crippen molar-refractivity contribution in [1.29, 1.82) is 0 Å². The van der Waals surface area contributed by atoms with Gasteiger partial charge in [-0.15, -0.1) is 0 Å². The highest BCUT2D eigenvalue weighted by Crippen LogP contribution is 2.26. The molecular formula is C12H15FN2O5. The second kappa shape index (κ2) is 7.39. The molecule has 110 valence electrons. The molecule has 0 aliphatic rings. The third-order valence-corrected chi connectivity index (χ3v) is 2.43. The number of esters is 1. The number of anilines is 1. The van der Waals surface area contributed by atoms with Gasteiger partial charge >= 0.3 is 5.97 Å². The first kappa shape index (κ1) is 15.8. The fraction of sp³-hybridized carbons (Fsp3) is 0.417. The van der Waals surface area contributed by atoms with Crippen LogP contribution in [0.5, 0.6) is 0 Å². The molecule has 1 rings (SSSR count). The largest absolute Gasteiger partial charge is 0.462 e. The van der Waals surface area contributed by atoms with Crippen LogP contribution in [0.2, 0.25) is 0 Å². The number of aliphatic hydroxyl groups excluding tert-OH is 1. The Labute approximate surface area is 114 Å². The number of carbonyl (C=O) groups is 1. The molecule has 0 fully saturated rings. The molecule has 0 bridgehead atoms. The molecular weight excluding hydrogens is 271 g/mol. The van der Waals surface area contributed by atoms with Crippen molar-refractivity contribution >= 4 is 17.3 Å². The van der Waals surface area contributed by atoms with E-state index < -0.39 is 22.4 Å². The van der Waals surface area contributed by atoms with Gasteiger partial charge in [-0.2, -0.15) is 0 Å². The van der Waals surface area contributed by atoms with Crippen LogP contribution in [0.4, 0.5) is 15.8 Å². The van der Waals surface area contributed by atoms with Gasteiger partial charge in [0, 0.05) is 13.2 Å². The predicted octanol–water partition coefficient (Wildman–Crippen LogP) is 1.70. The van der Waals surface area contributed by atoms with E-state index in [2.05, 4.69) is 5.32 Å². The van der Waals surface area contributed by atoms with E-state index in [0.717, 1.165) is 6.07 Å². The molecule has 8 heteroatoms. The third-order valence-electron chi connectivity index (χ3n) is 2.43. The summed E-state index contributed by atoms with van der Waals surface area (Å²) in [4.78, 5) is 21.6. The fourth-order valence-electron chi connectivity index (χ4n) is 1.52. The standard InChI is InChI=1S/C12H15FN2O5/c1-2-20-12(17)8-6-10(14-4-3-5-16)9(13)7-11(8)15(18)19/h6-7,14,16H,2-5H2,1H3. The van der Waals surface area contributed by atoms with Crippen molar-refractivity contribution in [2.75, 3.05) is 25.1 Å². The van der Waals surface area contributed by atoms with E-state index >= 15 is 0 Å². The van der Waals surface area contributed by atoms with Gasteiger partial charge in [-0.05, 0) is 19.4 Å². The molecule has 0 aliphatic carbocycles. The molecule has 2 N–H and O–H groups in total. The number of nitrogens with one attached hydrogen (secondary N) is 1. The molecule has 7 nitrogen and oxygen atoms in total. The minimum Gasteiger partial charge on any atom is -0.462 e. The van der Waals surface area contributed by atoms with E-state index in [1.165, 1.54) is 0 Å². The molecule has 0 saturated carbocycles. The average molecular weight is 286 g/mol. The second-order valence-corrected chi connectivity index (χ2v) is 3.83. The lowest BCUT2D eigenvalue weighted by atomic mass is 10.1. The topological polar surface area (TPSA) is 102 Å². The van der Waals surface area contributed by atoms with Gasteiger partial charge in [-0.3, -0.25) is 10.1 Å². The van der Waals surface area contributed by atoms with E-state index in [1.807, 2.05) is 0 Å². The summed E-state index contributed by atoms with van der Waals surface area (Å²) < 4.78 is 18.4. The van der Waals surface area contributed by atoms with Crippen molar-refractivity contribution in [3.63, 3.8) is 0 Å². The Balaban J connectivity index is 3.13. The summed E-state index contributed by atoms with van der Waals surface area (Å²) in [5.74, 6) is -1.73. The van der Waals surface area contributed by atoms with Crippen LogP contribution in [-0.2, 0) is 4.74 Å². The van der Waals surface area contributed by atoms with Crippen LogP contribution in [0.3, 0.4) is 0 Å². The highest BCUT2D eigenvalue weighted by atomic mass is 19.1. The predicted molar refractivity (Wildman–Crippen MR) is 69.2 cm³/mol. The molecule has 0 atom stereocenters. The number of halogens is 1. The van der Waals surface area contributed by atoms with Crippen LogP contribution in [0.1, 0.15) is 23.7 Å². The van der Waals surface area contributed by atoms with Crippen molar-refractivity contribution in [2.45, 2.75) is 13.3 Å². The Morgan fingerprint density at radius 3 is 2.80 bits per heavy atom. The number of rotatable bonds is 7. The summed E-state index contributed by atoms with van der Waals surface area (Å²) >= 11 is 0. The maximum atomic E-state index is 13.7. The number of benzene rings is 1. The van der Waals surface area contributed by atoms with Crippen LogP contribution in [0, 0.1) is 15.9 Å². The summed E-state index contributed by atoms with van der Waals surface area (Å²) in [6.07, 6.45) is 0.380. The SMILES string of the molecule is CCOC(=O)c1cc(NCCCO)c(F)cc1[N+](=O)[O-]. The van der Waals surface area contributed by atoms with E-state index in [0.29, 0.717) is 12.5 Å². The average Bonchev–Trinajstić information content (AvgIpc) is 2.40. The lowest BCUT2D eigenvalue weighted by Crippen LogP contribution is -2.11. The first-order valence-electron chi connectivity index (χ1n) is 6.01. The van der Waals surface area contributed by atoms with Crippen LogP contribution < -0.4 is 5.32 Å². The van der Waals surface area contributed by atoms with Crippen molar-refractivity contribution in [3.05, 3.63) is 33.6 Å². The molecule has 0 heterocycles. The lowest BCUT2D eigenvalue weighted by molar-refractivity contribution is -0.385. The molecule has 0 spiro atoms. The van der Waals surface area contributed by atoms with Gasteiger partial charge in [0.15, 0.2) is 5.82 Å². The highest BCUT2D eigenvalue weighted by molar-refractivity contribution is 5.95. The van der Waals surface area contributed by atoms with Gasteiger partial charge in [0.1, 0.15) is 5.56 Å². The smallest absolute Gasteiger partial charge is 0.345 e. The number of carbonyl (C=O) groups excluding carboxylic acids is 1. The molecule has 1 aromatic rings. The highest BCUT2D eigenvalue weighted by Gasteiger charge is 2.24. The Bertz CT molecular complexity index is 507. The first-order chi connectivity index (χ1) is 9.51. The van der Waals surface area contributed by atoms with Crippen LogP contribution in [0.25, 0.3) is 0 Å². The van der Waals surface area contributed by atoms with Crippen molar-refractivity contribution in [3.8, 4) is 0 Å². The zero-order valence-corrected chi connectivity index (χ0v) is 10.9. The summed E-state index contributed by atoms with van der Waals surface area (Å²) in [6.45, 7) is 1.81. The number of aliphatic hydroxyl groups is 1.